The van der Waals surface area contributed by atoms with Gasteiger partial charge in [-0.15, -0.1) is 0 Å². The van der Waals surface area contributed by atoms with Gasteiger partial charge in [0.1, 0.15) is 0 Å². The van der Waals surface area contributed by atoms with Crippen molar-refractivity contribution < 1.29 is 26.4 Å². The molecule has 4 rings (SSSR count). The maximum Gasteiger partial charge on any atom is 0.511 e. The lowest BCUT2D eigenvalue weighted by atomic mass is 9.65. The summed E-state index contributed by atoms with van der Waals surface area (Å²) in [4.78, 5) is 15.2. The molecule has 2 fully saturated rings. The SMILES string of the molecule is CC1(C)CC2CC(C)(CN2C(=O)c2ccc3c(c2)CCN(S(=O)(=O)C(F)(F)F)C3)C1. The minimum absolute atomic E-state index is 0.0467. The Kier molecular flexibility index (Phi) is 4.82. The van der Waals surface area contributed by atoms with Gasteiger partial charge in [-0.25, -0.2) is 8.42 Å². The van der Waals surface area contributed by atoms with Crippen LogP contribution in [-0.2, 0) is 23.0 Å². The van der Waals surface area contributed by atoms with Crippen LogP contribution in [0.25, 0.3) is 0 Å². The smallest absolute Gasteiger partial charge is 0.335 e. The molecule has 1 saturated heterocycles. The fourth-order valence-electron chi connectivity index (χ4n) is 5.87. The zero-order chi connectivity index (χ0) is 22.1. The number of fused-ring (bicyclic) bond motifs is 3. The van der Waals surface area contributed by atoms with Gasteiger partial charge in [-0.3, -0.25) is 4.79 Å². The molecule has 0 N–H and O–H groups in total. The van der Waals surface area contributed by atoms with Crippen LogP contribution >= 0.6 is 0 Å². The van der Waals surface area contributed by atoms with Gasteiger partial charge in [-0.1, -0.05) is 26.8 Å². The third kappa shape index (κ3) is 3.64. The van der Waals surface area contributed by atoms with Crippen LogP contribution in [-0.4, -0.2) is 48.2 Å². The molecule has 0 aromatic heterocycles. The Morgan fingerprint density at radius 3 is 2.50 bits per heavy atom. The van der Waals surface area contributed by atoms with E-state index in [2.05, 4.69) is 20.8 Å². The monoisotopic (exact) mass is 444 g/mol. The van der Waals surface area contributed by atoms with Gasteiger partial charge in [0, 0.05) is 31.2 Å². The summed E-state index contributed by atoms with van der Waals surface area (Å²) < 4.78 is 62.4. The molecular formula is C21H27F3N2O3S. The summed E-state index contributed by atoms with van der Waals surface area (Å²) in [5, 5.41) is 0. The lowest BCUT2D eigenvalue weighted by molar-refractivity contribution is -0.0492. The molecule has 9 heteroatoms. The highest BCUT2D eigenvalue weighted by atomic mass is 32.2. The number of sulfonamides is 1. The lowest BCUT2D eigenvalue weighted by Crippen LogP contribution is -2.43. The van der Waals surface area contributed by atoms with Crippen molar-refractivity contribution in [1.29, 1.82) is 0 Å². The van der Waals surface area contributed by atoms with Gasteiger partial charge in [0.2, 0.25) is 0 Å². The molecule has 30 heavy (non-hydrogen) atoms. The molecule has 1 amide bonds. The molecule has 3 aliphatic rings. The summed E-state index contributed by atoms with van der Waals surface area (Å²) in [5.74, 6) is -0.0467. The molecule has 166 valence electrons. The van der Waals surface area contributed by atoms with Crippen LogP contribution in [0, 0.1) is 10.8 Å². The first-order chi connectivity index (χ1) is 13.7. The highest BCUT2D eigenvalue weighted by Crippen LogP contribution is 2.52. The molecular weight excluding hydrogens is 417 g/mol. The second-order valence-electron chi connectivity index (χ2n) is 10.2. The lowest BCUT2D eigenvalue weighted by Gasteiger charge is -2.39. The first kappa shape index (κ1) is 21.6. The van der Waals surface area contributed by atoms with E-state index in [1.807, 2.05) is 4.90 Å². The molecule has 2 unspecified atom stereocenters. The molecule has 2 aliphatic heterocycles. The number of carbonyl (C=O) groups is 1. The van der Waals surface area contributed by atoms with E-state index in [0.29, 0.717) is 22.0 Å². The minimum atomic E-state index is -5.35. The fraction of sp³-hybridized carbons (Fsp3) is 0.667. The van der Waals surface area contributed by atoms with Gasteiger partial charge >= 0.3 is 15.5 Å². The number of amides is 1. The number of likely N-dealkylation sites (tertiary alicyclic amines) is 1. The molecule has 1 aromatic rings. The van der Waals surface area contributed by atoms with Crippen molar-refractivity contribution in [2.75, 3.05) is 13.1 Å². The van der Waals surface area contributed by atoms with Gasteiger partial charge in [0.25, 0.3) is 5.91 Å². The summed E-state index contributed by atoms with van der Waals surface area (Å²) in [7, 11) is -5.35. The quantitative estimate of drug-likeness (QED) is 0.695. The Bertz CT molecular complexity index is 990. The zero-order valence-corrected chi connectivity index (χ0v) is 18.2. The Morgan fingerprint density at radius 1 is 1.13 bits per heavy atom. The number of hydrogen-bond donors (Lipinski definition) is 0. The summed E-state index contributed by atoms with van der Waals surface area (Å²) in [6.45, 7) is 6.86. The van der Waals surface area contributed by atoms with E-state index < -0.39 is 15.5 Å². The largest absolute Gasteiger partial charge is 0.511 e. The number of nitrogens with zero attached hydrogens (tertiary/aromatic N) is 2. The van der Waals surface area contributed by atoms with E-state index in [9.17, 15) is 26.4 Å². The highest BCUT2D eigenvalue weighted by Gasteiger charge is 2.52. The summed E-state index contributed by atoms with van der Waals surface area (Å²) in [5.41, 5.74) is -3.23. The molecule has 2 bridgehead atoms. The van der Waals surface area contributed by atoms with Crippen LogP contribution in [0.15, 0.2) is 18.2 Å². The Balaban J connectivity index is 1.54. The summed E-state index contributed by atoms with van der Waals surface area (Å²) in [6.07, 6.45) is 3.19. The van der Waals surface area contributed by atoms with Crippen LogP contribution < -0.4 is 0 Å². The van der Waals surface area contributed by atoms with Crippen molar-refractivity contribution in [3.8, 4) is 0 Å². The molecule has 5 nitrogen and oxygen atoms in total. The van der Waals surface area contributed by atoms with Crippen molar-refractivity contribution in [2.24, 2.45) is 10.8 Å². The first-order valence-electron chi connectivity index (χ1n) is 10.2. The van der Waals surface area contributed by atoms with Crippen LogP contribution in [0.5, 0.6) is 0 Å². The highest BCUT2D eigenvalue weighted by molar-refractivity contribution is 7.89. The average molecular weight is 445 g/mol. The maximum absolute atomic E-state index is 13.3. The standard InChI is InChI=1S/C21H27F3N2O3S/c1-19(2)9-17-10-20(3,12-19)13-26(17)18(27)15-4-5-16-11-25(7-6-14(16)8-15)30(28,29)21(22,23)24/h4-5,8,17H,6-7,9-13H2,1-3H3. The van der Waals surface area contributed by atoms with Crippen molar-refractivity contribution in [2.45, 2.75) is 64.5 Å². The number of rotatable bonds is 2. The first-order valence-corrected chi connectivity index (χ1v) is 11.6. The Morgan fingerprint density at radius 2 is 1.83 bits per heavy atom. The number of benzene rings is 1. The van der Waals surface area contributed by atoms with Crippen LogP contribution in [0.1, 0.15) is 61.5 Å². The number of alkyl halides is 3. The van der Waals surface area contributed by atoms with Gasteiger partial charge < -0.3 is 4.90 Å². The van der Waals surface area contributed by atoms with Crippen molar-refractivity contribution >= 4 is 15.9 Å². The summed E-state index contributed by atoms with van der Waals surface area (Å²) >= 11 is 0. The van der Waals surface area contributed by atoms with Crippen molar-refractivity contribution in [3.05, 3.63) is 34.9 Å². The van der Waals surface area contributed by atoms with E-state index in [1.165, 1.54) is 0 Å². The number of carbonyl (C=O) groups excluding carboxylic acids is 1. The van der Waals surface area contributed by atoms with E-state index in [4.69, 9.17) is 0 Å². The van der Waals surface area contributed by atoms with E-state index in [1.54, 1.807) is 18.2 Å². The third-order valence-corrected chi connectivity index (χ3v) is 8.32. The topological polar surface area (TPSA) is 57.7 Å². The predicted octanol–water partition coefficient (Wildman–Crippen LogP) is 3.94. The molecule has 0 radical (unpaired) electrons. The molecule has 0 spiro atoms. The van der Waals surface area contributed by atoms with Gasteiger partial charge in [0.05, 0.1) is 0 Å². The van der Waals surface area contributed by atoms with Crippen LogP contribution in [0.2, 0.25) is 0 Å². The molecule has 1 aromatic carbocycles. The van der Waals surface area contributed by atoms with Gasteiger partial charge in [-0.05, 0) is 59.8 Å². The van der Waals surface area contributed by atoms with E-state index >= 15 is 0 Å². The Labute approximate surface area is 175 Å². The van der Waals surface area contributed by atoms with Gasteiger partial charge in [0.15, 0.2) is 0 Å². The van der Waals surface area contributed by atoms with Gasteiger partial charge in [-0.2, -0.15) is 17.5 Å². The van der Waals surface area contributed by atoms with Crippen LogP contribution in [0.4, 0.5) is 13.2 Å². The molecule has 1 aliphatic carbocycles. The van der Waals surface area contributed by atoms with E-state index in [-0.39, 0.29) is 42.3 Å². The predicted molar refractivity (Wildman–Crippen MR) is 106 cm³/mol. The average Bonchev–Trinajstić information content (AvgIpc) is 2.87. The van der Waals surface area contributed by atoms with Crippen molar-refractivity contribution in [3.63, 3.8) is 0 Å². The van der Waals surface area contributed by atoms with E-state index in [0.717, 1.165) is 24.8 Å². The van der Waals surface area contributed by atoms with Crippen LogP contribution in [0.3, 0.4) is 0 Å². The zero-order valence-electron chi connectivity index (χ0n) is 17.4. The number of hydrogen-bond acceptors (Lipinski definition) is 3. The second kappa shape index (κ2) is 6.69. The Hall–Kier alpha value is -1.61. The minimum Gasteiger partial charge on any atom is -0.335 e. The number of halogens is 3. The normalized spacial score (nSPS) is 29.0. The molecule has 2 atom stereocenters. The molecule has 2 heterocycles. The summed E-state index contributed by atoms with van der Waals surface area (Å²) in [6, 6.07) is 5.13. The maximum atomic E-state index is 13.3. The second-order valence-corrected chi connectivity index (χ2v) is 12.1. The fourth-order valence-corrected chi connectivity index (χ4v) is 6.81. The van der Waals surface area contributed by atoms with Crippen molar-refractivity contribution in [1.82, 2.24) is 9.21 Å². The third-order valence-electron chi connectivity index (χ3n) is 6.74. The molecule has 1 saturated carbocycles.